The zero-order valence-corrected chi connectivity index (χ0v) is 49.9. The van der Waals surface area contributed by atoms with Gasteiger partial charge in [-0.3, -0.25) is 67.3 Å². The van der Waals surface area contributed by atoms with Gasteiger partial charge in [0.15, 0.2) is 5.96 Å². The van der Waals surface area contributed by atoms with Gasteiger partial charge in [0, 0.05) is 59.6 Å². The van der Waals surface area contributed by atoms with Crippen LogP contribution in [-0.2, 0) is 68.7 Å². The summed E-state index contributed by atoms with van der Waals surface area (Å²) in [6.45, 7) is 0.921. The highest BCUT2D eigenvalue weighted by Gasteiger charge is 2.41. The first-order chi connectivity index (χ1) is 40.2. The number of carboxylic acid groups (broad SMARTS) is 1. The van der Waals surface area contributed by atoms with Gasteiger partial charge in [0.1, 0.15) is 66.5 Å². The van der Waals surface area contributed by atoms with E-state index in [1.54, 1.807) is 30.5 Å². The van der Waals surface area contributed by atoms with Gasteiger partial charge in [0.05, 0.1) is 19.6 Å². The SMILES string of the molecule is C[C@H](NC(=O)[C@H](Cc1c[nH]c2ccccc12)NC(=O)[C@H](C)NC(=O)[C@H](CS)NC(=O)[C@H](CCCN=C(N)N)NC(=O)[C@@H]1CCCN1C(=O)[C@H](CC(=O)O)NC(=O)[C@H](CO)NC(=O)[C@H](CS)NC(=O)[C@H](CS)NC(=O)CN)C(=O)N[C@@H](CS)C(N)=O. The molecule has 21 N–H and O–H groups in total. The topological polar surface area (TPSA) is 518 Å². The van der Waals surface area contributed by atoms with Crippen molar-refractivity contribution in [3.8, 4) is 0 Å². The molecule has 0 spiro atoms. The number of aromatic amines is 1. The summed E-state index contributed by atoms with van der Waals surface area (Å²) in [4.78, 5) is 180. The molecule has 0 aliphatic carbocycles. The minimum Gasteiger partial charge on any atom is -0.481 e. The van der Waals surface area contributed by atoms with Crippen molar-refractivity contribution in [1.82, 2.24) is 63.1 Å². The molecule has 0 bridgehead atoms. The van der Waals surface area contributed by atoms with Gasteiger partial charge in [0.25, 0.3) is 0 Å². The number of carboxylic acids is 1. The summed E-state index contributed by atoms with van der Waals surface area (Å²) in [5.74, 6) is -13.9. The van der Waals surface area contributed by atoms with Crippen molar-refractivity contribution in [3.05, 3.63) is 36.0 Å². The number of hydrogen-bond acceptors (Lipinski definition) is 20. The van der Waals surface area contributed by atoms with E-state index in [4.69, 9.17) is 22.9 Å². The first-order valence-corrected chi connectivity index (χ1v) is 29.0. The van der Waals surface area contributed by atoms with Crippen molar-refractivity contribution in [2.24, 2.45) is 27.9 Å². The lowest BCUT2D eigenvalue weighted by atomic mass is 10.0. The van der Waals surface area contributed by atoms with Gasteiger partial charge < -0.3 is 96.2 Å². The Morgan fingerprint density at radius 3 is 1.65 bits per heavy atom. The summed E-state index contributed by atoms with van der Waals surface area (Å²) < 4.78 is 0. The lowest BCUT2D eigenvalue weighted by Crippen LogP contribution is -2.61. The van der Waals surface area contributed by atoms with E-state index in [1.165, 1.54) is 13.8 Å². The number of amides is 12. The number of guanidine groups is 1. The lowest BCUT2D eigenvalue weighted by Gasteiger charge is -2.30. The largest absolute Gasteiger partial charge is 0.481 e. The Kier molecular flexibility index (Phi) is 30.1. The monoisotopic (exact) mass is 1270 g/mol. The number of benzene rings is 1. The van der Waals surface area contributed by atoms with E-state index in [9.17, 15) is 72.5 Å². The maximum Gasteiger partial charge on any atom is 0.305 e. The van der Waals surface area contributed by atoms with Crippen LogP contribution >= 0.6 is 50.5 Å². The minimum absolute atomic E-state index is 0.0160. The Balaban J connectivity index is 1.78. The molecule has 85 heavy (non-hydrogen) atoms. The molecule has 1 aliphatic rings. The molecule has 36 heteroatoms. The number of aliphatic imine (C=N–C) groups is 1. The van der Waals surface area contributed by atoms with Crippen LogP contribution in [0, 0.1) is 0 Å². The summed E-state index contributed by atoms with van der Waals surface area (Å²) in [5, 5.41) is 44.7. The first kappa shape index (κ1) is 71.7. The molecule has 0 radical (unpaired) electrons. The fourth-order valence-corrected chi connectivity index (χ4v) is 9.37. The molecule has 32 nitrogen and oxygen atoms in total. The lowest BCUT2D eigenvalue weighted by molar-refractivity contribution is -0.146. The van der Waals surface area contributed by atoms with Crippen molar-refractivity contribution < 1.29 is 72.5 Å². The second-order valence-corrected chi connectivity index (χ2v) is 20.8. The fourth-order valence-electron chi connectivity index (χ4n) is 8.33. The molecule has 0 saturated carbocycles. The number of nitrogens with zero attached hydrogens (tertiary/aromatic N) is 2. The Morgan fingerprint density at radius 1 is 0.635 bits per heavy atom. The van der Waals surface area contributed by atoms with Crippen molar-refractivity contribution in [2.45, 2.75) is 119 Å². The molecular weight excluding hydrogens is 1190 g/mol. The number of likely N-dealkylation sites (tertiary alicyclic amines) is 1. The molecule has 1 aromatic heterocycles. The summed E-state index contributed by atoms with van der Waals surface area (Å²) in [6.07, 6.45) is 0.553. The van der Waals surface area contributed by atoms with Gasteiger partial charge >= 0.3 is 5.97 Å². The summed E-state index contributed by atoms with van der Waals surface area (Å²) in [6, 6.07) is -8.70. The van der Waals surface area contributed by atoms with Crippen LogP contribution in [0.4, 0.5) is 0 Å². The number of aliphatic hydroxyl groups excluding tert-OH is 1. The third-order valence-electron chi connectivity index (χ3n) is 13.0. The Morgan fingerprint density at radius 2 is 1.12 bits per heavy atom. The van der Waals surface area contributed by atoms with Crippen LogP contribution < -0.4 is 76.1 Å². The average molecular weight is 1270 g/mol. The number of aliphatic carboxylic acids is 1. The number of H-pyrrole nitrogens is 1. The standard InChI is InChI=1S/C49H75N17O15S4/c1-22(39(72)60-28(13-24-16-55-26-8-4-3-7-25(24)26)42(75)56-23(2)40(73)63-31(18-82)38(51)71)57-44(77)33(20-84)64-41(74)27(9-5-11-54-49(52)53)59-47(80)35-10-6-12-66(35)48(81)29(14-37(69)70)61-43(76)30(17-67)62-46(79)34(21-85)65-45(78)32(19-83)58-36(68)15-50/h3-4,7-8,16,22-23,27-35,55,67,82-85H,5-6,9-15,17-21,50H2,1-2H3,(H2,51,71)(H,56,75)(H,57,77)(H,58,68)(H,59,80)(H,60,72)(H,61,76)(H,62,79)(H,63,73)(H,64,74)(H,65,78)(H,69,70)(H4,52,53,54)/t22-,23-,27-,28-,29-,30-,31-,32-,33-,34-,35-/m0/s1. The molecule has 11 atom stereocenters. The predicted molar refractivity (Wildman–Crippen MR) is 320 cm³/mol. The van der Waals surface area contributed by atoms with Crippen molar-refractivity contribution in [3.63, 3.8) is 0 Å². The van der Waals surface area contributed by atoms with Gasteiger partial charge in [-0.15, -0.1) is 0 Å². The maximum atomic E-state index is 14.1. The second-order valence-electron chi connectivity index (χ2n) is 19.3. The number of para-hydroxylation sites is 1. The molecule has 3 rings (SSSR count). The molecule has 1 aromatic carbocycles. The Bertz CT molecular complexity index is 2770. The quantitative estimate of drug-likeness (QED) is 0.0132. The number of rotatable bonds is 35. The molecule has 470 valence electrons. The number of aromatic nitrogens is 1. The van der Waals surface area contributed by atoms with Crippen LogP contribution in [0.2, 0.25) is 0 Å². The zero-order valence-electron chi connectivity index (χ0n) is 46.3. The van der Waals surface area contributed by atoms with E-state index in [0.29, 0.717) is 5.56 Å². The molecule has 12 amide bonds. The van der Waals surface area contributed by atoms with Crippen molar-refractivity contribution >= 4 is 144 Å². The van der Waals surface area contributed by atoms with Gasteiger partial charge in [-0.1, -0.05) is 18.2 Å². The molecule has 2 heterocycles. The number of fused-ring (bicyclic) bond motifs is 1. The van der Waals surface area contributed by atoms with E-state index in [0.717, 1.165) is 15.8 Å². The number of carbonyl (C=O) groups is 13. The molecule has 2 aromatic rings. The van der Waals surface area contributed by atoms with Crippen LogP contribution in [0.3, 0.4) is 0 Å². The molecular formula is C49H75N17O15S4. The van der Waals surface area contributed by atoms with E-state index in [2.05, 4.69) is 114 Å². The molecule has 0 unspecified atom stereocenters. The number of hydrogen-bond donors (Lipinski definition) is 21. The third kappa shape index (κ3) is 22.4. The van der Waals surface area contributed by atoms with Gasteiger partial charge in [0.2, 0.25) is 70.9 Å². The average Bonchev–Trinajstić information content (AvgIpc) is 3.97. The van der Waals surface area contributed by atoms with Gasteiger partial charge in [-0.2, -0.15) is 50.5 Å². The highest BCUT2D eigenvalue weighted by atomic mass is 32.1. The number of carbonyl (C=O) groups excluding carboxylic acids is 12. The predicted octanol–water partition coefficient (Wildman–Crippen LogP) is -7.73. The van der Waals surface area contributed by atoms with Crippen LogP contribution in [0.5, 0.6) is 0 Å². The van der Waals surface area contributed by atoms with Crippen molar-refractivity contribution in [2.75, 3.05) is 49.3 Å². The van der Waals surface area contributed by atoms with Crippen LogP contribution in [-0.4, -0.2) is 219 Å². The number of nitrogens with two attached hydrogens (primary N) is 4. The number of aliphatic hydroxyl groups is 1. The molecule has 1 saturated heterocycles. The van der Waals surface area contributed by atoms with Crippen LogP contribution in [0.1, 0.15) is 51.5 Å². The second kappa shape index (κ2) is 35.7. The van der Waals surface area contributed by atoms with Crippen LogP contribution in [0.25, 0.3) is 10.9 Å². The molecule has 1 fully saturated rings. The number of nitrogens with one attached hydrogen (secondary N) is 11. The normalized spacial score (nSPS) is 16.3. The first-order valence-electron chi connectivity index (χ1n) is 26.4. The Labute approximate surface area is 509 Å². The Hall–Kier alpha value is -7.54. The van der Waals surface area contributed by atoms with E-state index >= 15 is 0 Å². The smallest absolute Gasteiger partial charge is 0.305 e. The minimum atomic E-state index is -1.89. The maximum absolute atomic E-state index is 14.1. The van der Waals surface area contributed by atoms with Crippen LogP contribution in [0.15, 0.2) is 35.5 Å². The molecule has 1 aliphatic heterocycles. The van der Waals surface area contributed by atoms with E-state index in [-0.39, 0.29) is 74.2 Å². The van der Waals surface area contributed by atoms with E-state index in [1.807, 2.05) is 0 Å². The number of thiol groups is 4. The van der Waals surface area contributed by atoms with Gasteiger partial charge in [-0.05, 0) is 51.2 Å². The summed E-state index contributed by atoms with van der Waals surface area (Å²) >= 11 is 16.3. The van der Waals surface area contributed by atoms with E-state index < -0.39 is 163 Å². The van der Waals surface area contributed by atoms with Gasteiger partial charge in [-0.25, -0.2) is 0 Å². The number of primary amides is 1. The van der Waals surface area contributed by atoms with Crippen molar-refractivity contribution in [1.29, 1.82) is 0 Å². The summed E-state index contributed by atoms with van der Waals surface area (Å²) in [7, 11) is 0. The zero-order chi connectivity index (χ0) is 63.7. The third-order valence-corrected chi connectivity index (χ3v) is 14.4. The highest BCUT2D eigenvalue weighted by molar-refractivity contribution is 7.80. The fraction of sp³-hybridized carbons (Fsp3) is 0.551. The summed E-state index contributed by atoms with van der Waals surface area (Å²) in [5.41, 5.74) is 22.9. The highest BCUT2D eigenvalue weighted by Crippen LogP contribution is 2.21.